The lowest BCUT2D eigenvalue weighted by atomic mass is 10.2. The van der Waals surface area contributed by atoms with Gasteiger partial charge in [-0.1, -0.05) is 0 Å². The Labute approximate surface area is 102 Å². The van der Waals surface area contributed by atoms with Gasteiger partial charge in [-0.05, 0) is 6.42 Å². The van der Waals surface area contributed by atoms with Crippen LogP contribution in [0.2, 0.25) is 0 Å². The van der Waals surface area contributed by atoms with Gasteiger partial charge in [0.2, 0.25) is 11.8 Å². The fourth-order valence-corrected chi connectivity index (χ4v) is 1.78. The Morgan fingerprint density at radius 1 is 1.72 bits per heavy atom. The predicted octanol–water partition coefficient (Wildman–Crippen LogP) is -0.149. The van der Waals surface area contributed by atoms with Crippen molar-refractivity contribution in [1.29, 1.82) is 0 Å². The molecule has 0 spiro atoms. The minimum absolute atomic E-state index is 0.110. The van der Waals surface area contributed by atoms with Crippen LogP contribution in [-0.2, 0) is 4.79 Å². The molecule has 2 heterocycles. The molecule has 0 aliphatic carbocycles. The van der Waals surface area contributed by atoms with Crippen LogP contribution in [0.4, 0.5) is 10.3 Å². The molecular formula is C10H13FN4O3. The van der Waals surface area contributed by atoms with Crippen LogP contribution < -0.4 is 15.4 Å². The molecule has 0 radical (unpaired) electrons. The molecule has 1 saturated heterocycles. The molecule has 2 atom stereocenters. The minimum Gasteiger partial charge on any atom is -0.480 e. The Bertz CT molecular complexity index is 457. The number of methoxy groups -OCH3 is 1. The summed E-state index contributed by atoms with van der Waals surface area (Å²) >= 11 is 0. The SMILES string of the molecule is COc1nc(N[C@@H]2CN[C@H](C(=O)O)C2)ncc1F. The van der Waals surface area contributed by atoms with Gasteiger partial charge in [-0.3, -0.25) is 4.79 Å². The molecule has 0 saturated carbocycles. The molecule has 0 bridgehead atoms. The number of carbonyl (C=O) groups is 1. The van der Waals surface area contributed by atoms with E-state index in [1.807, 2.05) is 0 Å². The highest BCUT2D eigenvalue weighted by Crippen LogP contribution is 2.16. The van der Waals surface area contributed by atoms with Gasteiger partial charge < -0.3 is 20.5 Å². The summed E-state index contributed by atoms with van der Waals surface area (Å²) in [6, 6.07) is -0.689. The number of carboxylic acid groups (broad SMARTS) is 1. The third-order valence-corrected chi connectivity index (χ3v) is 2.67. The highest BCUT2D eigenvalue weighted by molar-refractivity contribution is 5.74. The summed E-state index contributed by atoms with van der Waals surface area (Å²) in [7, 11) is 1.31. The molecule has 1 aromatic heterocycles. The molecule has 2 rings (SSSR count). The number of hydrogen-bond acceptors (Lipinski definition) is 6. The van der Waals surface area contributed by atoms with Gasteiger partial charge in [-0.25, -0.2) is 4.98 Å². The predicted molar refractivity (Wildman–Crippen MR) is 60.0 cm³/mol. The highest BCUT2D eigenvalue weighted by Gasteiger charge is 2.29. The Kier molecular flexibility index (Phi) is 3.56. The fraction of sp³-hybridized carbons (Fsp3) is 0.500. The first kappa shape index (κ1) is 12.5. The van der Waals surface area contributed by atoms with Gasteiger partial charge >= 0.3 is 5.97 Å². The van der Waals surface area contributed by atoms with Crippen molar-refractivity contribution < 1.29 is 19.0 Å². The zero-order chi connectivity index (χ0) is 13.1. The zero-order valence-corrected chi connectivity index (χ0v) is 9.68. The molecule has 98 valence electrons. The van der Waals surface area contributed by atoms with Crippen molar-refractivity contribution in [2.24, 2.45) is 0 Å². The van der Waals surface area contributed by atoms with Crippen LogP contribution in [0, 0.1) is 5.82 Å². The molecular weight excluding hydrogens is 243 g/mol. The van der Waals surface area contributed by atoms with Crippen molar-refractivity contribution in [3.63, 3.8) is 0 Å². The van der Waals surface area contributed by atoms with E-state index in [2.05, 4.69) is 20.6 Å². The van der Waals surface area contributed by atoms with E-state index in [4.69, 9.17) is 9.84 Å². The maximum absolute atomic E-state index is 13.1. The first-order valence-corrected chi connectivity index (χ1v) is 5.39. The van der Waals surface area contributed by atoms with E-state index >= 15 is 0 Å². The summed E-state index contributed by atoms with van der Waals surface area (Å²) in [4.78, 5) is 18.4. The number of nitrogens with zero attached hydrogens (tertiary/aromatic N) is 2. The number of anilines is 1. The molecule has 3 N–H and O–H groups in total. The van der Waals surface area contributed by atoms with E-state index in [-0.39, 0.29) is 17.9 Å². The summed E-state index contributed by atoms with van der Waals surface area (Å²) in [6.45, 7) is 0.486. The van der Waals surface area contributed by atoms with E-state index in [9.17, 15) is 9.18 Å². The van der Waals surface area contributed by atoms with Crippen molar-refractivity contribution >= 4 is 11.9 Å². The topological polar surface area (TPSA) is 96.4 Å². The largest absolute Gasteiger partial charge is 0.480 e. The molecule has 18 heavy (non-hydrogen) atoms. The molecule has 1 fully saturated rings. The normalized spacial score (nSPS) is 22.8. The molecule has 0 unspecified atom stereocenters. The van der Waals surface area contributed by atoms with Gasteiger partial charge in [0, 0.05) is 12.6 Å². The monoisotopic (exact) mass is 256 g/mol. The standard InChI is InChI=1S/C10H13FN4O3/c1-18-8-6(11)4-13-10(15-8)14-5-2-7(9(16)17)12-3-5/h4-5,7,12H,2-3H2,1H3,(H,16,17)(H,13,14,15)/t5-,7-/m0/s1. The number of halogens is 1. The molecule has 0 amide bonds. The number of nitrogens with one attached hydrogen (secondary N) is 2. The van der Waals surface area contributed by atoms with Crippen LogP contribution in [0.1, 0.15) is 6.42 Å². The lowest BCUT2D eigenvalue weighted by molar-refractivity contribution is -0.139. The Balaban J connectivity index is 2.00. The second-order valence-electron chi connectivity index (χ2n) is 3.93. The number of ether oxygens (including phenoxy) is 1. The van der Waals surface area contributed by atoms with E-state index in [1.165, 1.54) is 7.11 Å². The fourth-order valence-electron chi connectivity index (χ4n) is 1.78. The molecule has 0 aromatic carbocycles. The van der Waals surface area contributed by atoms with Gasteiger partial charge in [0.25, 0.3) is 5.88 Å². The van der Waals surface area contributed by atoms with Gasteiger partial charge in [-0.15, -0.1) is 0 Å². The second kappa shape index (κ2) is 5.13. The average molecular weight is 256 g/mol. The van der Waals surface area contributed by atoms with Crippen LogP contribution >= 0.6 is 0 Å². The maximum Gasteiger partial charge on any atom is 0.320 e. The molecule has 7 nitrogen and oxygen atoms in total. The highest BCUT2D eigenvalue weighted by atomic mass is 19.1. The minimum atomic E-state index is -0.892. The van der Waals surface area contributed by atoms with Gasteiger partial charge in [-0.2, -0.15) is 9.37 Å². The van der Waals surface area contributed by atoms with Crippen molar-refractivity contribution in [3.05, 3.63) is 12.0 Å². The van der Waals surface area contributed by atoms with Crippen molar-refractivity contribution in [2.45, 2.75) is 18.5 Å². The number of carboxylic acids is 1. The quantitative estimate of drug-likeness (QED) is 0.689. The first-order valence-electron chi connectivity index (χ1n) is 5.39. The molecule has 1 aliphatic rings. The third kappa shape index (κ3) is 2.65. The van der Waals surface area contributed by atoms with Crippen LogP contribution in [-0.4, -0.2) is 46.8 Å². The lowest BCUT2D eigenvalue weighted by Gasteiger charge is -2.11. The average Bonchev–Trinajstić information content (AvgIpc) is 2.80. The number of hydrogen-bond donors (Lipinski definition) is 3. The summed E-state index contributed by atoms with van der Waals surface area (Å²) in [5.74, 6) is -1.47. The summed E-state index contributed by atoms with van der Waals surface area (Å²) < 4.78 is 17.8. The van der Waals surface area contributed by atoms with E-state index in [0.717, 1.165) is 6.20 Å². The van der Waals surface area contributed by atoms with E-state index in [0.29, 0.717) is 13.0 Å². The molecule has 1 aliphatic heterocycles. The number of aliphatic carboxylic acids is 1. The lowest BCUT2D eigenvalue weighted by Crippen LogP contribution is -2.30. The van der Waals surface area contributed by atoms with Crippen molar-refractivity contribution in [1.82, 2.24) is 15.3 Å². The van der Waals surface area contributed by atoms with E-state index < -0.39 is 17.8 Å². The first-order chi connectivity index (χ1) is 8.60. The van der Waals surface area contributed by atoms with Crippen molar-refractivity contribution in [2.75, 3.05) is 19.0 Å². The molecule has 8 heteroatoms. The number of aromatic nitrogens is 2. The summed E-state index contributed by atoms with van der Waals surface area (Å²) in [6.07, 6.45) is 1.42. The third-order valence-electron chi connectivity index (χ3n) is 2.67. The number of rotatable bonds is 4. The zero-order valence-electron chi connectivity index (χ0n) is 9.68. The van der Waals surface area contributed by atoms with Crippen LogP contribution in [0.5, 0.6) is 5.88 Å². The smallest absolute Gasteiger partial charge is 0.320 e. The van der Waals surface area contributed by atoms with Crippen LogP contribution in [0.15, 0.2) is 6.20 Å². The molecule has 1 aromatic rings. The van der Waals surface area contributed by atoms with E-state index in [1.54, 1.807) is 0 Å². The van der Waals surface area contributed by atoms with Crippen LogP contribution in [0.3, 0.4) is 0 Å². The Morgan fingerprint density at radius 3 is 3.11 bits per heavy atom. The van der Waals surface area contributed by atoms with Gasteiger partial charge in [0.1, 0.15) is 6.04 Å². The van der Waals surface area contributed by atoms with Crippen LogP contribution in [0.25, 0.3) is 0 Å². The van der Waals surface area contributed by atoms with Gasteiger partial charge in [0.05, 0.1) is 13.3 Å². The second-order valence-corrected chi connectivity index (χ2v) is 3.93. The maximum atomic E-state index is 13.1. The Hall–Kier alpha value is -1.96. The van der Waals surface area contributed by atoms with Gasteiger partial charge in [0.15, 0.2) is 0 Å². The summed E-state index contributed by atoms with van der Waals surface area (Å²) in [5, 5.41) is 14.6. The van der Waals surface area contributed by atoms with Crippen molar-refractivity contribution in [3.8, 4) is 5.88 Å². The summed E-state index contributed by atoms with van der Waals surface area (Å²) in [5.41, 5.74) is 0. The Morgan fingerprint density at radius 2 is 2.50 bits per heavy atom.